The van der Waals surface area contributed by atoms with Gasteiger partial charge < -0.3 is 5.32 Å². The minimum atomic E-state index is -4.41. The molecule has 6 heteroatoms. The Bertz CT molecular complexity index is 450. The van der Waals surface area contributed by atoms with E-state index in [2.05, 4.69) is 15.3 Å². The molecule has 0 atom stereocenters. The van der Waals surface area contributed by atoms with Gasteiger partial charge in [-0.15, -0.1) is 0 Å². The van der Waals surface area contributed by atoms with Crippen LogP contribution in [0.15, 0.2) is 12.3 Å². The van der Waals surface area contributed by atoms with E-state index in [9.17, 15) is 13.2 Å². The van der Waals surface area contributed by atoms with Gasteiger partial charge >= 0.3 is 6.18 Å². The number of hydrogen-bond donors (Lipinski definition) is 1. The van der Waals surface area contributed by atoms with E-state index < -0.39 is 11.9 Å². The molecule has 98 valence electrons. The molecule has 0 aliphatic heterocycles. The van der Waals surface area contributed by atoms with Crippen molar-refractivity contribution in [1.29, 1.82) is 0 Å². The van der Waals surface area contributed by atoms with Crippen molar-refractivity contribution in [2.75, 3.05) is 11.9 Å². The summed E-state index contributed by atoms with van der Waals surface area (Å²) in [6, 6.07) is 0.888. The molecule has 1 N–H and O–H groups in total. The Hall–Kier alpha value is -1.33. The van der Waals surface area contributed by atoms with Crippen molar-refractivity contribution in [3.63, 3.8) is 0 Å². The minimum absolute atomic E-state index is 0.0803. The molecular weight excluding hydrogens is 243 g/mol. The standard InChI is InChI=1S/C12H14F3N3/c13-12(14,15)9-3-6-16-10(18-9)17-7-11(4-5-11)8-1-2-8/h3,6,8H,1-2,4-5,7H2,(H,16,17,18). The highest BCUT2D eigenvalue weighted by Gasteiger charge is 2.53. The molecule has 0 amide bonds. The first kappa shape index (κ1) is 11.7. The lowest BCUT2D eigenvalue weighted by molar-refractivity contribution is -0.141. The predicted octanol–water partition coefficient (Wildman–Crippen LogP) is 3.10. The first-order valence-electron chi connectivity index (χ1n) is 6.14. The summed E-state index contributed by atoms with van der Waals surface area (Å²) in [6.07, 6.45) is 1.59. The lowest BCUT2D eigenvalue weighted by Gasteiger charge is -2.15. The topological polar surface area (TPSA) is 37.8 Å². The molecular formula is C12H14F3N3. The number of aromatic nitrogens is 2. The molecule has 0 radical (unpaired) electrons. The first-order valence-corrected chi connectivity index (χ1v) is 6.14. The van der Waals surface area contributed by atoms with Crippen LogP contribution in [0.1, 0.15) is 31.4 Å². The van der Waals surface area contributed by atoms with Gasteiger partial charge in [0.25, 0.3) is 0 Å². The van der Waals surface area contributed by atoms with Crippen molar-refractivity contribution in [2.24, 2.45) is 11.3 Å². The zero-order valence-corrected chi connectivity index (χ0v) is 9.80. The van der Waals surface area contributed by atoms with Gasteiger partial charge in [0.15, 0.2) is 0 Å². The maximum absolute atomic E-state index is 12.5. The normalized spacial score (nSPS) is 21.7. The van der Waals surface area contributed by atoms with Gasteiger partial charge in [0.1, 0.15) is 5.69 Å². The van der Waals surface area contributed by atoms with Crippen molar-refractivity contribution in [3.8, 4) is 0 Å². The van der Waals surface area contributed by atoms with Crippen molar-refractivity contribution in [2.45, 2.75) is 31.9 Å². The molecule has 2 aliphatic rings. The van der Waals surface area contributed by atoms with Gasteiger partial charge in [0, 0.05) is 12.7 Å². The fourth-order valence-electron chi connectivity index (χ4n) is 2.44. The lowest BCUT2D eigenvalue weighted by Crippen LogP contribution is -2.19. The second kappa shape index (κ2) is 3.83. The molecule has 1 aromatic rings. The summed E-state index contributed by atoms with van der Waals surface area (Å²) in [4.78, 5) is 7.35. The fraction of sp³-hybridized carbons (Fsp3) is 0.667. The van der Waals surface area contributed by atoms with E-state index in [1.165, 1.54) is 25.7 Å². The molecule has 0 unspecified atom stereocenters. The van der Waals surface area contributed by atoms with Crippen LogP contribution in [0.2, 0.25) is 0 Å². The molecule has 1 aromatic heterocycles. The summed E-state index contributed by atoms with van der Waals surface area (Å²) < 4.78 is 37.4. The minimum Gasteiger partial charge on any atom is -0.354 e. The molecule has 2 fully saturated rings. The smallest absolute Gasteiger partial charge is 0.354 e. The average Bonchev–Trinajstić information content (AvgIpc) is 3.17. The number of nitrogens with zero attached hydrogens (tertiary/aromatic N) is 2. The third-order valence-corrected chi connectivity index (χ3v) is 3.88. The number of hydrogen-bond acceptors (Lipinski definition) is 3. The van der Waals surface area contributed by atoms with Gasteiger partial charge in [-0.05, 0) is 43.1 Å². The molecule has 0 saturated heterocycles. The quantitative estimate of drug-likeness (QED) is 0.900. The van der Waals surface area contributed by atoms with Gasteiger partial charge in [0.05, 0.1) is 0 Å². The summed E-state index contributed by atoms with van der Waals surface area (Å²) >= 11 is 0. The fourth-order valence-corrected chi connectivity index (χ4v) is 2.44. The van der Waals surface area contributed by atoms with Crippen molar-refractivity contribution >= 4 is 5.95 Å². The SMILES string of the molecule is FC(F)(F)c1ccnc(NCC2(C3CC3)CC2)n1. The van der Waals surface area contributed by atoms with Gasteiger partial charge in [-0.2, -0.15) is 13.2 Å². The van der Waals surface area contributed by atoms with Gasteiger partial charge in [-0.1, -0.05) is 0 Å². The summed E-state index contributed by atoms with van der Waals surface area (Å²) in [5, 5.41) is 2.96. The Balaban J connectivity index is 1.66. The second-order valence-corrected chi connectivity index (χ2v) is 5.25. The predicted molar refractivity (Wildman–Crippen MR) is 59.9 cm³/mol. The van der Waals surface area contributed by atoms with Crippen LogP contribution in [0.25, 0.3) is 0 Å². The third kappa shape index (κ3) is 2.28. The van der Waals surface area contributed by atoms with E-state index in [1.54, 1.807) is 0 Å². The van der Waals surface area contributed by atoms with Crippen LogP contribution >= 0.6 is 0 Å². The Morgan fingerprint density at radius 2 is 2.06 bits per heavy atom. The molecule has 18 heavy (non-hydrogen) atoms. The molecule has 2 aliphatic carbocycles. The van der Waals surface area contributed by atoms with Crippen LogP contribution in [0, 0.1) is 11.3 Å². The van der Waals surface area contributed by atoms with Crippen LogP contribution in [0.5, 0.6) is 0 Å². The maximum atomic E-state index is 12.5. The van der Waals surface area contributed by atoms with E-state index in [4.69, 9.17) is 0 Å². The second-order valence-electron chi connectivity index (χ2n) is 5.25. The first-order chi connectivity index (χ1) is 8.50. The Labute approximate surface area is 103 Å². The molecule has 3 rings (SSSR count). The van der Waals surface area contributed by atoms with Crippen LogP contribution < -0.4 is 5.32 Å². The van der Waals surface area contributed by atoms with Crippen molar-refractivity contribution in [1.82, 2.24) is 9.97 Å². The molecule has 1 heterocycles. The number of anilines is 1. The zero-order chi connectivity index (χ0) is 12.8. The van der Waals surface area contributed by atoms with Crippen LogP contribution in [-0.2, 0) is 6.18 Å². The molecule has 0 aromatic carbocycles. The highest BCUT2D eigenvalue weighted by atomic mass is 19.4. The van der Waals surface area contributed by atoms with Crippen LogP contribution in [-0.4, -0.2) is 16.5 Å². The summed E-state index contributed by atoms with van der Waals surface area (Å²) in [5.74, 6) is 0.840. The summed E-state index contributed by atoms with van der Waals surface area (Å²) in [5.41, 5.74) is -0.575. The van der Waals surface area contributed by atoms with E-state index in [0.717, 1.165) is 18.2 Å². The van der Waals surface area contributed by atoms with E-state index in [1.807, 2.05) is 0 Å². The Morgan fingerprint density at radius 1 is 1.33 bits per heavy atom. The largest absolute Gasteiger partial charge is 0.433 e. The molecule has 0 spiro atoms. The van der Waals surface area contributed by atoms with Gasteiger partial charge in [0.2, 0.25) is 5.95 Å². The van der Waals surface area contributed by atoms with Crippen molar-refractivity contribution in [3.05, 3.63) is 18.0 Å². The van der Waals surface area contributed by atoms with Crippen LogP contribution in [0.3, 0.4) is 0 Å². The summed E-state index contributed by atoms with van der Waals surface area (Å²) in [7, 11) is 0. The number of nitrogens with one attached hydrogen (secondary N) is 1. The highest BCUT2D eigenvalue weighted by Crippen LogP contribution is 2.61. The number of halogens is 3. The van der Waals surface area contributed by atoms with Gasteiger partial charge in [-0.25, -0.2) is 9.97 Å². The molecule has 0 bridgehead atoms. The number of rotatable bonds is 4. The number of alkyl halides is 3. The van der Waals surface area contributed by atoms with Crippen LogP contribution in [0.4, 0.5) is 19.1 Å². The van der Waals surface area contributed by atoms with Gasteiger partial charge in [-0.3, -0.25) is 0 Å². The Kier molecular flexibility index (Phi) is 2.50. The van der Waals surface area contributed by atoms with E-state index >= 15 is 0 Å². The monoisotopic (exact) mass is 257 g/mol. The lowest BCUT2D eigenvalue weighted by atomic mass is 10.0. The maximum Gasteiger partial charge on any atom is 0.433 e. The average molecular weight is 257 g/mol. The summed E-state index contributed by atoms with van der Waals surface area (Å²) in [6.45, 7) is 0.693. The molecule has 3 nitrogen and oxygen atoms in total. The third-order valence-electron chi connectivity index (χ3n) is 3.88. The van der Waals surface area contributed by atoms with Crippen molar-refractivity contribution < 1.29 is 13.2 Å². The zero-order valence-electron chi connectivity index (χ0n) is 9.80. The Morgan fingerprint density at radius 3 is 2.61 bits per heavy atom. The van der Waals surface area contributed by atoms with E-state index in [0.29, 0.717) is 12.0 Å². The highest BCUT2D eigenvalue weighted by molar-refractivity contribution is 5.28. The van der Waals surface area contributed by atoms with E-state index in [-0.39, 0.29) is 5.95 Å². The molecule has 2 saturated carbocycles.